The van der Waals surface area contributed by atoms with E-state index in [0.717, 1.165) is 50.5 Å². The first kappa shape index (κ1) is 33.0. The number of esters is 1. The van der Waals surface area contributed by atoms with Gasteiger partial charge in [0.1, 0.15) is 24.4 Å². The largest absolute Gasteiger partial charge is 0.462 e. The van der Waals surface area contributed by atoms with Crippen LogP contribution >= 0.6 is 0 Å². The molecule has 3 unspecified atom stereocenters. The van der Waals surface area contributed by atoms with Gasteiger partial charge in [-0.3, -0.25) is 9.59 Å². The molecule has 0 spiro atoms. The Balaban J connectivity index is 1.38. The van der Waals surface area contributed by atoms with Crippen molar-refractivity contribution in [2.75, 3.05) is 21.3 Å². The Hall–Kier alpha value is -1.36. The normalized spacial score (nSPS) is 47.4. The van der Waals surface area contributed by atoms with Gasteiger partial charge in [0.05, 0.1) is 24.7 Å². The summed E-state index contributed by atoms with van der Waals surface area (Å²) in [6, 6.07) is 0. The summed E-state index contributed by atoms with van der Waals surface area (Å²) in [5.74, 6) is -0.246. The molecule has 15 atom stereocenters. The van der Waals surface area contributed by atoms with Crippen molar-refractivity contribution in [1.82, 2.24) is 0 Å². The number of cyclic esters (lactones) is 1. The number of aliphatic hydroxyl groups is 1. The monoisotopic (exact) mass is 606 g/mol. The summed E-state index contributed by atoms with van der Waals surface area (Å²) in [5, 5.41) is 11.8. The van der Waals surface area contributed by atoms with E-state index in [0.29, 0.717) is 0 Å². The lowest BCUT2D eigenvalue weighted by molar-refractivity contribution is -0.314. The molecule has 2 aliphatic heterocycles. The number of fused-ring (bicyclic) bond motifs is 5. The molecule has 2 saturated carbocycles. The highest BCUT2D eigenvalue weighted by Crippen LogP contribution is 2.58. The molecule has 0 aromatic carbocycles. The third-order valence-corrected chi connectivity index (χ3v) is 11.6. The fourth-order valence-corrected chi connectivity index (χ4v) is 9.23. The molecule has 244 valence electrons. The highest BCUT2D eigenvalue weighted by Gasteiger charge is 2.58. The first-order valence-corrected chi connectivity index (χ1v) is 16.7. The summed E-state index contributed by atoms with van der Waals surface area (Å²) >= 11 is 0. The maximum atomic E-state index is 13.9. The highest BCUT2D eigenvalue weighted by molar-refractivity contribution is 5.98. The van der Waals surface area contributed by atoms with Crippen molar-refractivity contribution >= 4 is 11.8 Å². The third kappa shape index (κ3) is 6.36. The number of aliphatic hydroxyl groups excluding tert-OH is 1. The minimum absolute atomic E-state index is 0.00913. The maximum absolute atomic E-state index is 13.9. The molecule has 5 rings (SSSR count). The van der Waals surface area contributed by atoms with Crippen LogP contribution in [0.5, 0.6) is 0 Å². The van der Waals surface area contributed by atoms with Gasteiger partial charge in [0.25, 0.3) is 0 Å². The Morgan fingerprint density at radius 2 is 1.60 bits per heavy atom. The van der Waals surface area contributed by atoms with Crippen LogP contribution in [0.1, 0.15) is 79.1 Å². The maximum Gasteiger partial charge on any atom is 0.306 e. The molecule has 0 amide bonds. The molecular weight excluding hydrogens is 552 g/mol. The lowest BCUT2D eigenvalue weighted by Gasteiger charge is -2.46. The Morgan fingerprint density at radius 1 is 0.930 bits per heavy atom. The molecule has 43 heavy (non-hydrogen) atoms. The molecule has 2 heterocycles. The lowest BCUT2D eigenvalue weighted by atomic mass is 9.61. The summed E-state index contributed by atoms with van der Waals surface area (Å²) in [6.07, 6.45) is 5.48. The molecular formula is C34H54O9. The topological polar surface area (TPSA) is 110 Å². The van der Waals surface area contributed by atoms with Crippen molar-refractivity contribution in [1.29, 1.82) is 0 Å². The average Bonchev–Trinajstić information content (AvgIpc) is 3.57. The minimum Gasteiger partial charge on any atom is -0.462 e. The smallest absolute Gasteiger partial charge is 0.306 e. The molecule has 0 aromatic rings. The van der Waals surface area contributed by atoms with Crippen LogP contribution in [0.15, 0.2) is 11.6 Å². The molecule has 9 heteroatoms. The van der Waals surface area contributed by atoms with Crippen molar-refractivity contribution in [3.05, 3.63) is 11.6 Å². The molecule has 3 aliphatic carbocycles. The van der Waals surface area contributed by atoms with Crippen LogP contribution < -0.4 is 0 Å². The number of ketones is 1. The fraction of sp³-hybridized carbons (Fsp3) is 0.882. The SMILES string of the molecule is CC[C@H]1CCCC[C@@H](C)C(=O)C2=C[C@H]3[C@@H]4C[C@H](O[C@@H]5OC(C)[C@H](OC)C(OC)C5OC)C[C@H]4[C@H](C)[C@@H](O)[C@H]3[C@@H]2CC(=O)O1. The van der Waals surface area contributed by atoms with Gasteiger partial charge < -0.3 is 33.5 Å². The Kier molecular flexibility index (Phi) is 10.7. The summed E-state index contributed by atoms with van der Waals surface area (Å²) in [7, 11) is 4.93. The second-order valence-corrected chi connectivity index (χ2v) is 13.9. The Bertz CT molecular complexity index is 1010. The average molecular weight is 607 g/mol. The zero-order chi connectivity index (χ0) is 31.0. The zero-order valence-corrected chi connectivity index (χ0v) is 27.1. The number of carbonyl (C=O) groups is 2. The van der Waals surface area contributed by atoms with Gasteiger partial charge in [-0.2, -0.15) is 0 Å². The van der Waals surface area contributed by atoms with E-state index in [1.54, 1.807) is 21.3 Å². The summed E-state index contributed by atoms with van der Waals surface area (Å²) in [4.78, 5) is 27.1. The Labute approximate surface area is 257 Å². The summed E-state index contributed by atoms with van der Waals surface area (Å²) < 4.78 is 36.1. The predicted octanol–water partition coefficient (Wildman–Crippen LogP) is 4.48. The number of methoxy groups -OCH3 is 3. The van der Waals surface area contributed by atoms with Gasteiger partial charge in [-0.15, -0.1) is 0 Å². The molecule has 2 saturated heterocycles. The van der Waals surface area contributed by atoms with Gasteiger partial charge in [-0.1, -0.05) is 33.3 Å². The molecule has 0 radical (unpaired) electrons. The van der Waals surface area contributed by atoms with Crippen LogP contribution in [0.25, 0.3) is 0 Å². The van der Waals surface area contributed by atoms with Gasteiger partial charge in [-0.05, 0) is 80.6 Å². The quantitative estimate of drug-likeness (QED) is 0.438. The van der Waals surface area contributed by atoms with Crippen LogP contribution in [-0.4, -0.2) is 87.2 Å². The van der Waals surface area contributed by atoms with Gasteiger partial charge in [-0.25, -0.2) is 0 Å². The number of carbonyl (C=O) groups excluding carboxylic acids is 2. The molecule has 0 aromatic heterocycles. The number of hydrogen-bond acceptors (Lipinski definition) is 9. The second-order valence-electron chi connectivity index (χ2n) is 13.9. The van der Waals surface area contributed by atoms with Crippen LogP contribution in [0, 0.1) is 41.4 Å². The van der Waals surface area contributed by atoms with Gasteiger partial charge in [0, 0.05) is 33.2 Å². The number of allylic oxidation sites excluding steroid dienone is 2. The van der Waals surface area contributed by atoms with Gasteiger partial charge >= 0.3 is 5.97 Å². The molecule has 4 fully saturated rings. The first-order valence-electron chi connectivity index (χ1n) is 16.7. The molecule has 5 aliphatic rings. The summed E-state index contributed by atoms with van der Waals surface area (Å²) in [5.41, 5.74) is 0.738. The zero-order valence-electron chi connectivity index (χ0n) is 27.1. The van der Waals surface area contributed by atoms with Crippen LogP contribution in [0.3, 0.4) is 0 Å². The van der Waals surface area contributed by atoms with Crippen LogP contribution in [-0.2, 0) is 38.0 Å². The van der Waals surface area contributed by atoms with Crippen molar-refractivity contribution in [3.63, 3.8) is 0 Å². The summed E-state index contributed by atoms with van der Waals surface area (Å²) in [6.45, 7) is 8.14. The van der Waals surface area contributed by atoms with E-state index in [-0.39, 0.29) is 90.1 Å². The lowest BCUT2D eigenvalue weighted by Crippen LogP contribution is -2.59. The molecule has 1 N–H and O–H groups in total. The van der Waals surface area contributed by atoms with E-state index < -0.39 is 18.5 Å². The van der Waals surface area contributed by atoms with Gasteiger partial charge in [0.15, 0.2) is 12.1 Å². The van der Waals surface area contributed by atoms with E-state index in [2.05, 4.69) is 19.9 Å². The number of ether oxygens (including phenoxy) is 6. The van der Waals surface area contributed by atoms with E-state index in [4.69, 9.17) is 28.4 Å². The highest BCUT2D eigenvalue weighted by atomic mass is 16.7. The standard InChI is InChI=1S/C34H54O9/c1-8-20-12-10-9-11-17(2)29(36)26-15-24-23-14-21(43-34-33(40-7)32(39-6)31(38-5)19(4)41-34)13-22(23)18(3)30(37)28(24)25(26)16-27(35)42-20/h15,17-25,28,30-34,37H,8-14,16H2,1-7H3/t17-,18+,19?,20+,21-,22+,23-,24+,25-,28-,30-,31+,32?,33?,34+/m1/s1. The van der Waals surface area contributed by atoms with E-state index in [1.807, 2.05) is 13.8 Å². The van der Waals surface area contributed by atoms with E-state index in [1.165, 1.54) is 0 Å². The van der Waals surface area contributed by atoms with Crippen molar-refractivity contribution in [3.8, 4) is 0 Å². The van der Waals surface area contributed by atoms with Crippen molar-refractivity contribution < 1.29 is 43.1 Å². The van der Waals surface area contributed by atoms with Gasteiger partial charge in [0.2, 0.25) is 0 Å². The van der Waals surface area contributed by atoms with E-state index in [9.17, 15) is 14.7 Å². The molecule has 9 nitrogen and oxygen atoms in total. The van der Waals surface area contributed by atoms with Crippen molar-refractivity contribution in [2.24, 2.45) is 41.4 Å². The van der Waals surface area contributed by atoms with E-state index >= 15 is 0 Å². The Morgan fingerprint density at radius 3 is 2.28 bits per heavy atom. The van der Waals surface area contributed by atoms with Crippen LogP contribution in [0.4, 0.5) is 0 Å². The third-order valence-electron chi connectivity index (χ3n) is 11.6. The number of rotatable bonds is 6. The fourth-order valence-electron chi connectivity index (χ4n) is 9.23. The van der Waals surface area contributed by atoms with Crippen molar-refractivity contribution in [2.45, 2.75) is 128 Å². The minimum atomic E-state index is -0.618. The van der Waals surface area contributed by atoms with Crippen LogP contribution in [0.2, 0.25) is 0 Å². The first-order chi connectivity index (χ1) is 20.6. The number of Topliss-reactive ketones (excluding diaryl/α,β-unsaturated/α-hetero) is 1. The number of hydrogen-bond donors (Lipinski definition) is 1. The predicted molar refractivity (Wildman–Crippen MR) is 159 cm³/mol. The molecule has 0 bridgehead atoms. The second kappa shape index (κ2) is 14.0.